The molecule has 10 heavy (non-hydrogen) atoms. The van der Waals surface area contributed by atoms with E-state index in [4.69, 9.17) is 21.1 Å². The van der Waals surface area contributed by atoms with Crippen LogP contribution in [0.2, 0.25) is 0 Å². The monoisotopic (exact) mass is 162 g/mol. The van der Waals surface area contributed by atoms with E-state index in [0.717, 1.165) is 5.57 Å². The molecule has 1 atom stereocenters. The Morgan fingerprint density at radius 1 is 1.60 bits per heavy atom. The van der Waals surface area contributed by atoms with E-state index in [9.17, 15) is 0 Å². The van der Waals surface area contributed by atoms with Crippen LogP contribution in [-0.4, -0.2) is 24.9 Å². The summed E-state index contributed by atoms with van der Waals surface area (Å²) in [5.74, 6) is 0. The van der Waals surface area contributed by atoms with Crippen LogP contribution in [0.1, 0.15) is 6.92 Å². The molecule has 1 aliphatic heterocycles. The summed E-state index contributed by atoms with van der Waals surface area (Å²) in [5, 5.41) is -0.206. The van der Waals surface area contributed by atoms with Gasteiger partial charge in [0.05, 0.1) is 13.2 Å². The average Bonchev–Trinajstić information content (AvgIpc) is 2.36. The molecule has 0 amide bonds. The Morgan fingerprint density at radius 2 is 2.10 bits per heavy atom. The Kier molecular flexibility index (Phi) is 2.72. The van der Waals surface area contributed by atoms with Crippen molar-refractivity contribution in [2.24, 2.45) is 0 Å². The van der Waals surface area contributed by atoms with Crippen molar-refractivity contribution in [2.75, 3.05) is 13.2 Å². The average molecular weight is 163 g/mol. The van der Waals surface area contributed by atoms with E-state index < -0.39 is 0 Å². The molecule has 2 nitrogen and oxygen atoms in total. The van der Waals surface area contributed by atoms with E-state index >= 15 is 0 Å². The highest BCUT2D eigenvalue weighted by atomic mass is 35.5. The van der Waals surface area contributed by atoms with Gasteiger partial charge in [0.1, 0.15) is 5.38 Å². The first-order valence-electron chi connectivity index (χ1n) is 3.24. The Balaban J connectivity index is 2.39. The lowest BCUT2D eigenvalue weighted by atomic mass is 10.2. The third-order valence-corrected chi connectivity index (χ3v) is 1.94. The van der Waals surface area contributed by atoms with Gasteiger partial charge < -0.3 is 9.47 Å². The van der Waals surface area contributed by atoms with Crippen molar-refractivity contribution in [3.63, 3.8) is 0 Å². The van der Waals surface area contributed by atoms with Crippen LogP contribution in [0, 0.1) is 0 Å². The van der Waals surface area contributed by atoms with Crippen LogP contribution >= 0.6 is 11.6 Å². The molecule has 1 saturated heterocycles. The van der Waals surface area contributed by atoms with Crippen molar-refractivity contribution in [1.82, 2.24) is 0 Å². The molecule has 0 aliphatic carbocycles. The zero-order chi connectivity index (χ0) is 7.56. The number of ether oxygens (including phenoxy) is 2. The quantitative estimate of drug-likeness (QED) is 0.453. The summed E-state index contributed by atoms with van der Waals surface area (Å²) >= 11 is 5.87. The van der Waals surface area contributed by atoms with Crippen molar-refractivity contribution in [3.05, 3.63) is 12.2 Å². The third kappa shape index (κ3) is 1.72. The molecule has 0 N–H and O–H groups in total. The van der Waals surface area contributed by atoms with Gasteiger partial charge in [-0.3, -0.25) is 0 Å². The third-order valence-electron chi connectivity index (χ3n) is 1.36. The molecule has 1 heterocycles. The molecular formula is C7H11ClO2. The highest BCUT2D eigenvalue weighted by Gasteiger charge is 2.24. The zero-order valence-corrected chi connectivity index (χ0v) is 6.73. The SMILES string of the molecule is C=C(C)C(Cl)C1OCCO1. The minimum Gasteiger partial charge on any atom is -0.348 e. The minimum atomic E-state index is -0.279. The van der Waals surface area contributed by atoms with Crippen LogP contribution in [0.15, 0.2) is 12.2 Å². The molecule has 1 unspecified atom stereocenters. The molecule has 1 rings (SSSR count). The molecule has 0 aromatic carbocycles. The van der Waals surface area contributed by atoms with Gasteiger partial charge in [0.15, 0.2) is 6.29 Å². The van der Waals surface area contributed by atoms with Crippen molar-refractivity contribution in [1.29, 1.82) is 0 Å². The fraction of sp³-hybridized carbons (Fsp3) is 0.714. The van der Waals surface area contributed by atoms with Crippen molar-refractivity contribution >= 4 is 11.6 Å². The van der Waals surface area contributed by atoms with Gasteiger partial charge in [0, 0.05) is 0 Å². The molecule has 1 fully saturated rings. The first-order chi connectivity index (χ1) is 4.72. The number of alkyl halides is 1. The number of hydrogen-bond acceptors (Lipinski definition) is 2. The Hall–Kier alpha value is -0.0500. The number of hydrogen-bond donors (Lipinski definition) is 0. The Labute approximate surface area is 65.8 Å². The predicted octanol–water partition coefficient (Wildman–Crippen LogP) is 1.54. The van der Waals surface area contributed by atoms with Crippen LogP contribution in [0.5, 0.6) is 0 Å². The standard InChI is InChI=1S/C7H11ClO2/c1-5(2)6(8)7-9-3-4-10-7/h6-7H,1,3-4H2,2H3. The highest BCUT2D eigenvalue weighted by Crippen LogP contribution is 2.18. The Morgan fingerprint density at radius 3 is 2.50 bits per heavy atom. The fourth-order valence-electron chi connectivity index (χ4n) is 0.778. The van der Waals surface area contributed by atoms with Crippen LogP contribution in [0.4, 0.5) is 0 Å². The van der Waals surface area contributed by atoms with Gasteiger partial charge in [-0.1, -0.05) is 12.2 Å². The topological polar surface area (TPSA) is 18.5 Å². The summed E-state index contributed by atoms with van der Waals surface area (Å²) in [6.07, 6.45) is -0.279. The largest absolute Gasteiger partial charge is 0.348 e. The second-order valence-corrected chi connectivity index (χ2v) is 2.83. The zero-order valence-electron chi connectivity index (χ0n) is 5.97. The number of halogens is 1. The van der Waals surface area contributed by atoms with E-state index in [1.807, 2.05) is 6.92 Å². The maximum atomic E-state index is 5.87. The summed E-state index contributed by atoms with van der Waals surface area (Å²) in [4.78, 5) is 0. The lowest BCUT2D eigenvalue weighted by Crippen LogP contribution is -2.22. The van der Waals surface area contributed by atoms with Crippen LogP contribution < -0.4 is 0 Å². The van der Waals surface area contributed by atoms with Gasteiger partial charge in [-0.05, 0) is 6.92 Å². The summed E-state index contributed by atoms with van der Waals surface area (Å²) < 4.78 is 10.3. The molecule has 0 bridgehead atoms. The summed E-state index contributed by atoms with van der Waals surface area (Å²) in [6, 6.07) is 0. The summed E-state index contributed by atoms with van der Waals surface area (Å²) in [7, 11) is 0. The van der Waals surface area contributed by atoms with Gasteiger partial charge in [-0.2, -0.15) is 0 Å². The van der Waals surface area contributed by atoms with Crippen molar-refractivity contribution in [3.8, 4) is 0 Å². The van der Waals surface area contributed by atoms with Gasteiger partial charge in [0.2, 0.25) is 0 Å². The lowest BCUT2D eigenvalue weighted by Gasteiger charge is -2.14. The van der Waals surface area contributed by atoms with Crippen LogP contribution in [0.3, 0.4) is 0 Å². The van der Waals surface area contributed by atoms with Gasteiger partial charge in [-0.15, -0.1) is 11.6 Å². The van der Waals surface area contributed by atoms with E-state index in [1.54, 1.807) is 0 Å². The maximum Gasteiger partial charge on any atom is 0.177 e. The Bertz CT molecular complexity index is 130. The fourth-order valence-corrected chi connectivity index (χ4v) is 0.923. The first-order valence-corrected chi connectivity index (χ1v) is 3.68. The highest BCUT2D eigenvalue weighted by molar-refractivity contribution is 6.22. The molecule has 0 aromatic rings. The lowest BCUT2D eigenvalue weighted by molar-refractivity contribution is -0.0370. The predicted molar refractivity (Wildman–Crippen MR) is 40.1 cm³/mol. The van der Waals surface area contributed by atoms with Crippen molar-refractivity contribution in [2.45, 2.75) is 18.6 Å². The molecule has 0 radical (unpaired) electrons. The molecule has 0 spiro atoms. The second-order valence-electron chi connectivity index (χ2n) is 2.36. The second kappa shape index (κ2) is 3.37. The first kappa shape index (κ1) is 8.05. The van der Waals surface area contributed by atoms with Gasteiger partial charge in [0.25, 0.3) is 0 Å². The summed E-state index contributed by atoms with van der Waals surface area (Å²) in [5.41, 5.74) is 0.883. The normalized spacial score (nSPS) is 23.0. The molecule has 3 heteroatoms. The van der Waals surface area contributed by atoms with E-state index in [1.165, 1.54) is 0 Å². The molecule has 0 aromatic heterocycles. The minimum absolute atomic E-state index is 0.206. The van der Waals surface area contributed by atoms with Crippen LogP contribution in [0.25, 0.3) is 0 Å². The van der Waals surface area contributed by atoms with E-state index in [-0.39, 0.29) is 11.7 Å². The summed E-state index contributed by atoms with van der Waals surface area (Å²) in [6.45, 7) is 6.85. The van der Waals surface area contributed by atoms with Gasteiger partial charge in [-0.25, -0.2) is 0 Å². The molecule has 1 aliphatic rings. The van der Waals surface area contributed by atoms with E-state index in [2.05, 4.69) is 6.58 Å². The molecule has 58 valence electrons. The van der Waals surface area contributed by atoms with E-state index in [0.29, 0.717) is 13.2 Å². The number of rotatable bonds is 2. The molecular weight excluding hydrogens is 152 g/mol. The van der Waals surface area contributed by atoms with Crippen molar-refractivity contribution < 1.29 is 9.47 Å². The maximum absolute atomic E-state index is 5.87. The molecule has 0 saturated carbocycles. The smallest absolute Gasteiger partial charge is 0.177 e. The van der Waals surface area contributed by atoms with Gasteiger partial charge >= 0.3 is 0 Å². The van der Waals surface area contributed by atoms with Crippen LogP contribution in [-0.2, 0) is 9.47 Å².